The van der Waals surface area contributed by atoms with Crippen LogP contribution in [0.5, 0.6) is 0 Å². The van der Waals surface area contributed by atoms with Crippen LogP contribution in [0, 0.1) is 6.92 Å². The Morgan fingerprint density at radius 3 is 1.25 bits per heavy atom. The average Bonchev–Trinajstić information content (AvgIpc) is 1.52. The number of pyridine rings is 4. The van der Waals surface area contributed by atoms with E-state index in [9.17, 15) is 24.0 Å². The van der Waals surface area contributed by atoms with E-state index in [4.69, 9.17) is 33.1 Å². The molecule has 20 rings (SSSR count). The Labute approximate surface area is 820 Å². The molecule has 0 aliphatic carbocycles. The fourth-order valence-electron chi connectivity index (χ4n) is 16.6. The number of nitrogens with two attached hydrogens (primary N) is 5. The molecule has 708 valence electrons. The monoisotopic (exact) mass is 1920 g/mol. The Balaban J connectivity index is 0.000000125. The summed E-state index contributed by atoms with van der Waals surface area (Å²) in [4.78, 5) is 113. The highest BCUT2D eigenvalue weighted by molar-refractivity contribution is 7.18. The number of likely N-dealkylation sites (N-methyl/N-ethyl adjacent to an activating group) is 2. The third-order valence-corrected chi connectivity index (χ3v) is 29.1. The molecule has 138 heavy (non-hydrogen) atoms. The van der Waals surface area contributed by atoms with E-state index in [1.54, 1.807) is 54.8 Å². The van der Waals surface area contributed by atoms with E-state index in [2.05, 4.69) is 117 Å². The highest BCUT2D eigenvalue weighted by atomic mass is 32.1. The molecule has 0 radical (unpaired) electrons. The van der Waals surface area contributed by atoms with E-state index >= 15 is 0 Å². The minimum Gasteiger partial charge on any atom is -0.472 e. The molecular weight excluding hydrogens is 1810 g/mol. The number of furan rings is 1. The van der Waals surface area contributed by atoms with Crippen molar-refractivity contribution in [1.29, 1.82) is 0 Å². The summed E-state index contributed by atoms with van der Waals surface area (Å²) in [5, 5.41) is 15.5. The van der Waals surface area contributed by atoms with Crippen LogP contribution in [-0.2, 0) is 32.1 Å². The number of carbonyl (C=O) groups is 5. The Bertz CT molecular complexity index is 6420. The van der Waals surface area contributed by atoms with Crippen LogP contribution in [0.15, 0.2) is 260 Å². The number of hydrogen-bond acceptors (Lipinski definition) is 32. The van der Waals surface area contributed by atoms with Gasteiger partial charge in [-0.3, -0.25) is 43.9 Å². The fourth-order valence-corrected chi connectivity index (χ4v) is 20.2. The molecule has 9 aromatic heterocycles. The molecule has 0 saturated carbocycles. The molecule has 0 amide bonds. The van der Waals surface area contributed by atoms with Crippen molar-refractivity contribution in [3.05, 3.63) is 315 Å². The third-order valence-electron chi connectivity index (χ3n) is 24.7. The Kier molecular flexibility index (Phi) is 33.1. The number of nitrogens with zero attached hydrogens (tertiary/aromatic N) is 14. The summed E-state index contributed by atoms with van der Waals surface area (Å²) >= 11 is 6.08. The van der Waals surface area contributed by atoms with Gasteiger partial charge < -0.3 is 83.3 Å². The van der Waals surface area contributed by atoms with Gasteiger partial charge in [0, 0.05) is 226 Å². The summed E-state index contributed by atoms with van der Waals surface area (Å²) in [6, 6.07) is 62.4. The summed E-state index contributed by atoms with van der Waals surface area (Å²) in [6.45, 7) is 21.3. The second kappa shape index (κ2) is 47.1. The molecular formula is C106H114N22O6S4. The van der Waals surface area contributed by atoms with Gasteiger partial charge in [-0.05, 0) is 203 Å². The molecule has 13 N–H and O–H groups in total. The van der Waals surface area contributed by atoms with Crippen LogP contribution in [0.1, 0.15) is 83.6 Å². The van der Waals surface area contributed by atoms with Crippen LogP contribution >= 0.6 is 45.3 Å². The molecule has 15 aromatic rings. The number of nitrogens with one attached hydrogen (secondary N) is 3. The van der Waals surface area contributed by atoms with Crippen LogP contribution in [0.2, 0.25) is 0 Å². The number of carbonyl (C=O) groups excluding carboxylic acids is 5. The summed E-state index contributed by atoms with van der Waals surface area (Å²) in [7, 11) is 4.27. The molecule has 0 atom stereocenters. The average molecular weight is 1920 g/mol. The van der Waals surface area contributed by atoms with Gasteiger partial charge in [-0.15, -0.1) is 11.3 Å². The van der Waals surface area contributed by atoms with Gasteiger partial charge in [-0.1, -0.05) is 113 Å². The van der Waals surface area contributed by atoms with Crippen molar-refractivity contribution in [2.24, 2.45) is 0 Å². The van der Waals surface area contributed by atoms with Gasteiger partial charge in [0.15, 0.2) is 44.2 Å². The first-order chi connectivity index (χ1) is 67.2. The summed E-state index contributed by atoms with van der Waals surface area (Å²) in [5.74, 6) is 0.0509. The molecule has 28 nitrogen and oxygen atoms in total. The van der Waals surface area contributed by atoms with E-state index in [0.717, 1.165) is 241 Å². The number of ketones is 5. The zero-order valence-corrected chi connectivity index (χ0v) is 80.9. The van der Waals surface area contributed by atoms with Crippen LogP contribution in [-0.4, -0.2) is 219 Å². The zero-order chi connectivity index (χ0) is 95.8. The number of anilines is 10. The van der Waals surface area contributed by atoms with Crippen LogP contribution in [0.25, 0.3) is 55.1 Å². The zero-order valence-electron chi connectivity index (χ0n) is 77.7. The van der Waals surface area contributed by atoms with Crippen molar-refractivity contribution in [2.45, 2.75) is 39.0 Å². The topological polar surface area (TPSA) is 378 Å². The first-order valence-electron chi connectivity index (χ1n) is 46.3. The molecule has 0 unspecified atom stereocenters. The third kappa shape index (κ3) is 25.8. The molecule has 5 fully saturated rings. The van der Waals surface area contributed by atoms with Gasteiger partial charge in [0.2, 0.25) is 0 Å². The minimum atomic E-state index is -0.0214. The maximum absolute atomic E-state index is 12.9. The molecule has 5 saturated heterocycles. The Hall–Kier alpha value is -14.1. The van der Waals surface area contributed by atoms with Crippen molar-refractivity contribution < 1.29 is 28.4 Å². The number of benzene rings is 6. The largest absolute Gasteiger partial charge is 0.472 e. The number of thiazole rings is 3. The number of nitrogen functional groups attached to an aromatic ring is 5. The fraction of sp³-hybridized carbons (Fsp3) is 0.264. The number of thiophene rings is 1. The maximum atomic E-state index is 12.9. The van der Waals surface area contributed by atoms with E-state index in [1.165, 1.54) is 38.9 Å². The maximum Gasteiger partial charge on any atom is 0.195 e. The SMILES string of the molecule is CN1CCN(c2ccc(C(=O)Cc3cc(-c4ccccc4)ccc3N)nc2)CC1.CN1CCN(c2ccc(C(=O)Cc3cc(-c4cccs4)ccc3N)nc2)CC1.Cc1nc(C(=O)Cc2cc(-c3ccoc3)ccc2N)sc1N1CCNCC1.Nc1ccc(-c2ccccn2)cc1CC(=O)c1cnc(N2CCNCC2)s1.Nc1ccc(-c2cccnc2)cc1CC(=O)c1cnc(N2CCNCC2)s1. The van der Waals surface area contributed by atoms with Gasteiger partial charge in [0.1, 0.15) is 16.4 Å². The smallest absolute Gasteiger partial charge is 0.195 e. The highest BCUT2D eigenvalue weighted by Crippen LogP contribution is 2.36. The molecule has 6 aromatic carbocycles. The number of aromatic nitrogens is 7. The lowest BCUT2D eigenvalue weighted by molar-refractivity contribution is 0.0980. The lowest BCUT2D eigenvalue weighted by Crippen LogP contribution is -2.44. The molecule has 14 heterocycles. The number of Topliss-reactive ketones (excluding diaryl/α,β-unsaturated/α-hetero) is 5. The quantitative estimate of drug-likeness (QED) is 0.0195. The van der Waals surface area contributed by atoms with E-state index in [0.29, 0.717) is 54.6 Å². The Morgan fingerprint density at radius 2 is 0.804 bits per heavy atom. The van der Waals surface area contributed by atoms with Crippen molar-refractivity contribution in [1.82, 2.24) is 60.6 Å². The number of piperazine rings is 5. The predicted octanol–water partition coefficient (Wildman–Crippen LogP) is 15.5. The second-order valence-corrected chi connectivity index (χ2v) is 38.3. The number of aryl methyl sites for hydroxylation is 1. The van der Waals surface area contributed by atoms with Gasteiger partial charge in [0.25, 0.3) is 0 Å². The molecule has 0 spiro atoms. The standard InChI is InChI=1S/C24H26N4O.C22H24N4OS.2C20H21N5OS.C20H22N4O2S/c1-27-11-13-28(14-12-27)21-8-10-23(26-17-21)24(29)16-20-15-19(7-9-22(20)25)18-5-3-2-4-6-18;1-25-8-10-26(11-9-25)18-5-7-20(24-15-18)21(27)14-17-13-16(4-6-19(17)23)22-3-2-12-28-22;21-17-4-3-14(15-2-1-5-23-12-15)10-16(17)11-18(26)19-13-24-20(27-19)25-8-6-22-7-9-25;21-16-5-4-14(17-3-1-2-6-23-17)11-15(16)12-18(26)19-13-24-20(27-19)25-9-7-22-8-10-25;1-13-20(24-7-5-22-6-8-24)27-19(23-13)18(25)11-16-10-14(2-3-17(16)21)15-4-9-26-12-15/h2-10,15,17H,11-14,16,25H2,1H3;2-7,12-13,15H,8-11,14,23H2,1H3;1-5,10,12-13,22H,6-9,11,21H2;1-6,11,13,22H,7-10,12,21H2;2-4,9-10,12,22H,5-8,11,21H2,1H3. The minimum absolute atomic E-state index is 0.000489. The lowest BCUT2D eigenvalue weighted by Gasteiger charge is -2.33. The molecule has 0 bridgehead atoms. The summed E-state index contributed by atoms with van der Waals surface area (Å²) < 4.78 is 5.15. The van der Waals surface area contributed by atoms with Crippen molar-refractivity contribution in [3.63, 3.8) is 0 Å². The summed E-state index contributed by atoms with van der Waals surface area (Å²) in [5.41, 5.74) is 51.0. The van der Waals surface area contributed by atoms with Gasteiger partial charge in [-0.25, -0.2) is 15.0 Å². The van der Waals surface area contributed by atoms with E-state index in [1.807, 2.05) is 201 Å². The normalized spacial score (nSPS) is 14.6. The molecule has 5 aliphatic rings. The van der Waals surface area contributed by atoms with Crippen LogP contribution in [0.3, 0.4) is 0 Å². The van der Waals surface area contributed by atoms with Crippen LogP contribution in [0.4, 0.5) is 55.1 Å². The predicted molar refractivity (Wildman–Crippen MR) is 562 cm³/mol. The van der Waals surface area contributed by atoms with Crippen molar-refractivity contribution in [2.75, 3.05) is 198 Å². The second-order valence-electron chi connectivity index (χ2n) is 34.4. The van der Waals surface area contributed by atoms with Crippen LogP contribution < -0.4 is 69.1 Å². The summed E-state index contributed by atoms with van der Waals surface area (Å²) in [6.07, 6.45) is 16.9. The van der Waals surface area contributed by atoms with Gasteiger partial charge in [-0.2, -0.15) is 0 Å². The van der Waals surface area contributed by atoms with E-state index in [-0.39, 0.29) is 61.0 Å². The Morgan fingerprint density at radius 1 is 0.362 bits per heavy atom. The highest BCUT2D eigenvalue weighted by Gasteiger charge is 2.27. The van der Waals surface area contributed by atoms with Gasteiger partial charge >= 0.3 is 0 Å². The van der Waals surface area contributed by atoms with Crippen molar-refractivity contribution in [3.8, 4) is 55.1 Å². The number of rotatable bonds is 25. The number of hydrogen-bond donors (Lipinski definition) is 8. The van der Waals surface area contributed by atoms with E-state index < -0.39 is 0 Å². The van der Waals surface area contributed by atoms with Gasteiger partial charge in [0.05, 0.1) is 69.8 Å². The molecule has 32 heteroatoms. The first kappa shape index (κ1) is 97.0. The molecule has 5 aliphatic heterocycles. The lowest BCUT2D eigenvalue weighted by atomic mass is 9.98. The first-order valence-corrected chi connectivity index (χ1v) is 49.6. The van der Waals surface area contributed by atoms with Crippen molar-refractivity contribution >= 4 is 129 Å².